The van der Waals surface area contributed by atoms with Gasteiger partial charge in [-0.05, 0) is 66.7 Å². The van der Waals surface area contributed by atoms with Crippen LogP contribution in [0.3, 0.4) is 0 Å². The zero-order chi connectivity index (χ0) is 22.6. The molecule has 1 aliphatic rings. The Labute approximate surface area is 191 Å². The minimum absolute atomic E-state index is 0.169. The largest absolute Gasteiger partial charge is 0.380 e. The first-order chi connectivity index (χ1) is 16.2. The highest BCUT2D eigenvalue weighted by Crippen LogP contribution is 2.26. The Morgan fingerprint density at radius 3 is 2.55 bits per heavy atom. The fourth-order valence-corrected chi connectivity index (χ4v) is 3.70. The fourth-order valence-electron chi connectivity index (χ4n) is 3.70. The molecule has 3 aromatic carbocycles. The number of nitrogens with zero attached hydrogens (tertiary/aromatic N) is 2. The van der Waals surface area contributed by atoms with Gasteiger partial charge in [-0.2, -0.15) is 5.26 Å². The minimum atomic E-state index is -0.169. The van der Waals surface area contributed by atoms with Crippen LogP contribution in [0.25, 0.3) is 10.9 Å². The van der Waals surface area contributed by atoms with Gasteiger partial charge >= 0.3 is 0 Å². The molecule has 0 saturated carbocycles. The van der Waals surface area contributed by atoms with Gasteiger partial charge in [0.2, 0.25) is 0 Å². The molecule has 0 spiro atoms. The van der Waals surface area contributed by atoms with Gasteiger partial charge in [0, 0.05) is 53.0 Å². The van der Waals surface area contributed by atoms with Crippen molar-refractivity contribution in [2.24, 2.45) is 0 Å². The van der Waals surface area contributed by atoms with Crippen LogP contribution in [0.4, 0.5) is 22.7 Å². The second-order valence-electron chi connectivity index (χ2n) is 7.94. The summed E-state index contributed by atoms with van der Waals surface area (Å²) in [4.78, 5) is 17.1. The lowest BCUT2D eigenvalue weighted by Crippen LogP contribution is -2.51. The van der Waals surface area contributed by atoms with E-state index in [1.165, 1.54) is 0 Å². The van der Waals surface area contributed by atoms with E-state index in [0.29, 0.717) is 17.2 Å². The predicted molar refractivity (Wildman–Crippen MR) is 131 cm³/mol. The Morgan fingerprint density at radius 2 is 1.79 bits per heavy atom. The second kappa shape index (κ2) is 8.99. The van der Waals surface area contributed by atoms with Gasteiger partial charge in [-0.3, -0.25) is 9.78 Å². The number of carbonyl (C=O) groups excluding carboxylic acids is 1. The molecular formula is C26H22N6O. The van der Waals surface area contributed by atoms with E-state index < -0.39 is 0 Å². The van der Waals surface area contributed by atoms with Gasteiger partial charge in [-0.15, -0.1) is 0 Å². The number of rotatable bonds is 6. The SMILES string of the molecule is N#Cc1ccc2nccc(Nc3ccc(C(=O)Nc4cccc(NC5CNC5)c4)cc3)c2c1. The number of pyridine rings is 1. The van der Waals surface area contributed by atoms with Crippen molar-refractivity contribution in [1.29, 1.82) is 5.26 Å². The molecule has 1 saturated heterocycles. The molecule has 1 amide bonds. The molecule has 162 valence electrons. The lowest BCUT2D eigenvalue weighted by Gasteiger charge is -2.29. The summed E-state index contributed by atoms with van der Waals surface area (Å²) in [5, 5.41) is 23.0. The molecule has 1 aromatic heterocycles. The number of nitrogens with one attached hydrogen (secondary N) is 4. The van der Waals surface area contributed by atoms with Gasteiger partial charge < -0.3 is 21.3 Å². The van der Waals surface area contributed by atoms with Crippen LogP contribution in [0.1, 0.15) is 15.9 Å². The number of benzene rings is 3. The van der Waals surface area contributed by atoms with Crippen molar-refractivity contribution in [2.45, 2.75) is 6.04 Å². The first kappa shape index (κ1) is 20.5. The topological polar surface area (TPSA) is 102 Å². The Kier molecular flexibility index (Phi) is 5.58. The summed E-state index contributed by atoms with van der Waals surface area (Å²) in [7, 11) is 0. The van der Waals surface area contributed by atoms with Gasteiger partial charge in [-0.1, -0.05) is 6.07 Å². The maximum Gasteiger partial charge on any atom is 0.255 e. The number of hydrogen-bond donors (Lipinski definition) is 4. The van der Waals surface area contributed by atoms with E-state index in [-0.39, 0.29) is 5.91 Å². The number of nitriles is 1. The van der Waals surface area contributed by atoms with Crippen LogP contribution < -0.4 is 21.3 Å². The van der Waals surface area contributed by atoms with Gasteiger partial charge in [-0.25, -0.2) is 0 Å². The van der Waals surface area contributed by atoms with Crippen LogP contribution in [0.2, 0.25) is 0 Å². The minimum Gasteiger partial charge on any atom is -0.380 e. The number of carbonyl (C=O) groups is 1. The predicted octanol–water partition coefficient (Wildman–Crippen LogP) is 4.49. The molecule has 1 fully saturated rings. The highest BCUT2D eigenvalue weighted by atomic mass is 16.1. The first-order valence-corrected chi connectivity index (χ1v) is 10.7. The van der Waals surface area contributed by atoms with Crippen molar-refractivity contribution in [3.63, 3.8) is 0 Å². The molecule has 33 heavy (non-hydrogen) atoms. The summed E-state index contributed by atoms with van der Waals surface area (Å²) in [6.07, 6.45) is 1.73. The summed E-state index contributed by atoms with van der Waals surface area (Å²) < 4.78 is 0. The molecule has 4 N–H and O–H groups in total. The van der Waals surface area contributed by atoms with Gasteiger partial charge in [0.1, 0.15) is 0 Å². The number of fused-ring (bicyclic) bond motifs is 1. The van der Waals surface area contributed by atoms with Crippen LogP contribution >= 0.6 is 0 Å². The van der Waals surface area contributed by atoms with E-state index >= 15 is 0 Å². The number of amides is 1. The summed E-state index contributed by atoms with van der Waals surface area (Å²) >= 11 is 0. The normalized spacial score (nSPS) is 13.1. The van der Waals surface area contributed by atoms with Crippen molar-refractivity contribution in [3.05, 3.63) is 90.1 Å². The fraction of sp³-hybridized carbons (Fsp3) is 0.115. The Hall–Kier alpha value is -4.41. The van der Waals surface area contributed by atoms with Gasteiger partial charge in [0.05, 0.1) is 23.2 Å². The molecule has 0 atom stereocenters. The van der Waals surface area contributed by atoms with E-state index in [0.717, 1.165) is 46.7 Å². The van der Waals surface area contributed by atoms with Crippen molar-refractivity contribution in [3.8, 4) is 6.07 Å². The monoisotopic (exact) mass is 434 g/mol. The summed E-state index contributed by atoms with van der Waals surface area (Å²) in [6, 6.07) is 24.9. The molecule has 2 heterocycles. The molecule has 0 aliphatic carbocycles. The van der Waals surface area contributed by atoms with E-state index in [1.54, 1.807) is 24.4 Å². The molecule has 0 unspecified atom stereocenters. The van der Waals surface area contributed by atoms with Crippen LogP contribution in [0, 0.1) is 11.3 Å². The molecular weight excluding hydrogens is 412 g/mol. The Morgan fingerprint density at radius 1 is 0.970 bits per heavy atom. The molecule has 1 aliphatic heterocycles. The molecule has 7 heteroatoms. The molecule has 0 radical (unpaired) electrons. The van der Waals surface area contributed by atoms with Gasteiger partial charge in [0.25, 0.3) is 5.91 Å². The van der Waals surface area contributed by atoms with Crippen LogP contribution in [0.5, 0.6) is 0 Å². The van der Waals surface area contributed by atoms with Crippen LogP contribution in [-0.4, -0.2) is 30.0 Å². The lowest BCUT2D eigenvalue weighted by atomic mass is 10.1. The summed E-state index contributed by atoms with van der Waals surface area (Å²) in [5.74, 6) is -0.169. The summed E-state index contributed by atoms with van der Waals surface area (Å²) in [6.45, 7) is 1.90. The highest BCUT2D eigenvalue weighted by Gasteiger charge is 2.16. The third-order valence-corrected chi connectivity index (χ3v) is 5.57. The highest BCUT2D eigenvalue weighted by molar-refractivity contribution is 6.04. The molecule has 5 rings (SSSR count). The van der Waals surface area contributed by atoms with Crippen molar-refractivity contribution < 1.29 is 4.79 Å². The zero-order valence-electron chi connectivity index (χ0n) is 17.8. The third kappa shape index (κ3) is 4.61. The van der Waals surface area contributed by atoms with Crippen LogP contribution in [0.15, 0.2) is 79.0 Å². The maximum atomic E-state index is 12.7. The van der Waals surface area contributed by atoms with Crippen molar-refractivity contribution >= 4 is 39.6 Å². The van der Waals surface area contributed by atoms with E-state index in [4.69, 9.17) is 0 Å². The Balaban J connectivity index is 1.28. The second-order valence-corrected chi connectivity index (χ2v) is 7.94. The van der Waals surface area contributed by atoms with Crippen molar-refractivity contribution in [2.75, 3.05) is 29.0 Å². The quantitative estimate of drug-likeness (QED) is 0.357. The van der Waals surface area contributed by atoms with Gasteiger partial charge in [0.15, 0.2) is 0 Å². The van der Waals surface area contributed by atoms with E-state index in [2.05, 4.69) is 32.3 Å². The molecule has 0 bridgehead atoms. The van der Waals surface area contributed by atoms with E-state index in [1.807, 2.05) is 54.6 Å². The maximum absolute atomic E-state index is 12.7. The van der Waals surface area contributed by atoms with Crippen LogP contribution in [-0.2, 0) is 0 Å². The number of aromatic nitrogens is 1. The average molecular weight is 435 g/mol. The standard InChI is InChI=1S/C26H22N6O/c27-14-17-4-9-24-23(12-17)25(10-11-29-24)31-19-7-5-18(6-8-19)26(33)32-21-3-1-2-20(13-21)30-22-15-28-16-22/h1-13,22,28,30H,15-16H2,(H,29,31)(H,32,33). The smallest absolute Gasteiger partial charge is 0.255 e. The number of anilines is 4. The number of hydrogen-bond acceptors (Lipinski definition) is 6. The molecule has 7 nitrogen and oxygen atoms in total. The van der Waals surface area contributed by atoms with E-state index in [9.17, 15) is 10.1 Å². The lowest BCUT2D eigenvalue weighted by molar-refractivity contribution is 0.102. The van der Waals surface area contributed by atoms with Crippen molar-refractivity contribution in [1.82, 2.24) is 10.3 Å². The average Bonchev–Trinajstić information content (AvgIpc) is 2.82. The third-order valence-electron chi connectivity index (χ3n) is 5.57. The zero-order valence-corrected chi connectivity index (χ0v) is 17.8. The first-order valence-electron chi connectivity index (χ1n) is 10.7. The Bertz CT molecular complexity index is 1360. The molecule has 4 aromatic rings. The summed E-state index contributed by atoms with van der Waals surface area (Å²) in [5.41, 5.74) is 5.36.